The van der Waals surface area contributed by atoms with Crippen LogP contribution in [0.15, 0.2) is 30.2 Å². The van der Waals surface area contributed by atoms with Gasteiger partial charge >= 0.3 is 11.7 Å². The van der Waals surface area contributed by atoms with Crippen LogP contribution in [0.2, 0.25) is 0 Å². The molecule has 3 aromatic rings. The summed E-state index contributed by atoms with van der Waals surface area (Å²) in [6.45, 7) is 5.77. The van der Waals surface area contributed by atoms with Crippen molar-refractivity contribution < 1.29 is 13.9 Å². The molecule has 0 aliphatic heterocycles. The van der Waals surface area contributed by atoms with Gasteiger partial charge in [0, 0.05) is 9.89 Å². The Kier molecular flexibility index (Phi) is 5.27. The highest BCUT2D eigenvalue weighted by molar-refractivity contribution is 9.10. The van der Waals surface area contributed by atoms with E-state index in [2.05, 4.69) is 30.7 Å². The minimum Gasteiger partial charge on any atom is -0.468 e. The summed E-state index contributed by atoms with van der Waals surface area (Å²) in [5.41, 5.74) is 0.892. The molecule has 10 heteroatoms. The lowest BCUT2D eigenvalue weighted by atomic mass is 9.97. The molecule has 0 fully saturated rings. The van der Waals surface area contributed by atoms with Crippen LogP contribution in [-0.4, -0.2) is 33.6 Å². The van der Waals surface area contributed by atoms with Crippen molar-refractivity contribution in [3.05, 3.63) is 33.0 Å². The van der Waals surface area contributed by atoms with Crippen molar-refractivity contribution in [1.29, 1.82) is 0 Å². The van der Waals surface area contributed by atoms with Crippen LogP contribution in [0.1, 0.15) is 26.7 Å². The third-order valence-corrected chi connectivity index (χ3v) is 6.17. The van der Waals surface area contributed by atoms with E-state index in [1.165, 1.54) is 34.9 Å². The van der Waals surface area contributed by atoms with Gasteiger partial charge in [0.1, 0.15) is 0 Å². The predicted molar refractivity (Wildman–Crippen MR) is 104 cm³/mol. The summed E-state index contributed by atoms with van der Waals surface area (Å²) in [6, 6.07) is 3.65. The highest BCUT2D eigenvalue weighted by Gasteiger charge is 2.24. The number of thioether (sulfide) groups is 1. The van der Waals surface area contributed by atoms with Gasteiger partial charge in [0.15, 0.2) is 4.34 Å². The molecule has 0 atom stereocenters. The fourth-order valence-corrected chi connectivity index (χ4v) is 4.64. The molecule has 3 rings (SSSR count). The lowest BCUT2D eigenvalue weighted by Crippen LogP contribution is -2.14. The van der Waals surface area contributed by atoms with Gasteiger partial charge in [-0.15, -0.1) is 16.4 Å². The first kappa shape index (κ1) is 19.1. The highest BCUT2D eigenvalue weighted by Crippen LogP contribution is 2.34. The molecule has 2 heterocycles. The Morgan fingerprint density at radius 3 is 2.77 bits per heavy atom. The second-order valence-corrected chi connectivity index (χ2v) is 9.56. The summed E-state index contributed by atoms with van der Waals surface area (Å²) >= 11 is 6.26. The lowest BCUT2D eigenvalue weighted by molar-refractivity contribution is -0.137. The molecule has 0 N–H and O–H groups in total. The number of methoxy groups -OCH3 is 1. The number of ether oxygens (including phenoxy) is 1. The zero-order chi connectivity index (χ0) is 19.1. The number of esters is 1. The van der Waals surface area contributed by atoms with Crippen LogP contribution in [-0.2, 0) is 14.9 Å². The first-order valence-corrected chi connectivity index (χ1v) is 10.2. The summed E-state index contributed by atoms with van der Waals surface area (Å²) < 4.78 is 13.5. The van der Waals surface area contributed by atoms with Crippen LogP contribution in [0, 0.1) is 0 Å². The topological polar surface area (TPSA) is 87.2 Å². The summed E-state index contributed by atoms with van der Waals surface area (Å²) in [4.78, 5) is 28.0. The van der Waals surface area contributed by atoms with Crippen molar-refractivity contribution in [2.45, 2.75) is 30.5 Å². The maximum absolute atomic E-state index is 12.2. The lowest BCUT2D eigenvalue weighted by Gasteiger charge is -2.11. The molecule has 7 nitrogen and oxygen atoms in total. The van der Waals surface area contributed by atoms with Gasteiger partial charge in [0.25, 0.3) is 0 Å². The molecule has 138 valence electrons. The van der Waals surface area contributed by atoms with E-state index in [1.54, 1.807) is 6.07 Å². The molecule has 0 saturated heterocycles. The largest absolute Gasteiger partial charge is 0.468 e. The van der Waals surface area contributed by atoms with Crippen LogP contribution in [0.25, 0.3) is 15.9 Å². The van der Waals surface area contributed by atoms with Crippen LogP contribution >= 0.6 is 39.0 Å². The number of thiazole rings is 1. The molecule has 26 heavy (non-hydrogen) atoms. The Labute approximate surface area is 165 Å². The van der Waals surface area contributed by atoms with Gasteiger partial charge in [-0.3, -0.25) is 4.79 Å². The van der Waals surface area contributed by atoms with E-state index < -0.39 is 5.76 Å². The average Bonchev–Trinajstić information content (AvgIpc) is 3.14. The van der Waals surface area contributed by atoms with Crippen LogP contribution in [0.4, 0.5) is 0 Å². The van der Waals surface area contributed by atoms with E-state index in [0.717, 1.165) is 9.04 Å². The fourth-order valence-electron chi connectivity index (χ4n) is 2.05. The summed E-state index contributed by atoms with van der Waals surface area (Å²) in [5, 5.41) is 4.31. The molecule has 0 saturated carbocycles. The molecular weight excluding hydrogens is 442 g/mol. The number of rotatable bonds is 4. The Morgan fingerprint density at radius 1 is 1.42 bits per heavy atom. The van der Waals surface area contributed by atoms with Gasteiger partial charge in [-0.05, 0) is 28.1 Å². The van der Waals surface area contributed by atoms with Crippen molar-refractivity contribution in [1.82, 2.24) is 14.8 Å². The number of hydrogen-bond acceptors (Lipinski definition) is 8. The van der Waals surface area contributed by atoms with Gasteiger partial charge in [-0.25, -0.2) is 9.78 Å². The molecule has 0 aliphatic carbocycles. The number of benzene rings is 1. The zero-order valence-electron chi connectivity index (χ0n) is 14.5. The van der Waals surface area contributed by atoms with Crippen molar-refractivity contribution in [3.63, 3.8) is 0 Å². The Hall–Kier alpha value is -1.65. The third kappa shape index (κ3) is 3.86. The average molecular weight is 458 g/mol. The zero-order valence-corrected chi connectivity index (χ0v) is 17.7. The number of carbonyl (C=O) groups is 1. The second-order valence-electron chi connectivity index (χ2n) is 6.45. The van der Waals surface area contributed by atoms with Gasteiger partial charge in [-0.2, -0.15) is 4.68 Å². The van der Waals surface area contributed by atoms with E-state index in [0.29, 0.717) is 21.6 Å². The van der Waals surface area contributed by atoms with Gasteiger partial charge in [0.05, 0.1) is 28.8 Å². The van der Waals surface area contributed by atoms with Gasteiger partial charge in [0.2, 0.25) is 5.89 Å². The van der Waals surface area contributed by atoms with Crippen molar-refractivity contribution >= 4 is 55.2 Å². The molecule has 1 aromatic carbocycles. The van der Waals surface area contributed by atoms with E-state index in [9.17, 15) is 9.59 Å². The van der Waals surface area contributed by atoms with E-state index >= 15 is 0 Å². The minimum absolute atomic E-state index is 0.196. The highest BCUT2D eigenvalue weighted by atomic mass is 79.9. The van der Waals surface area contributed by atoms with Crippen LogP contribution in [0.5, 0.6) is 0 Å². The monoisotopic (exact) mass is 457 g/mol. The number of nitrogens with zero attached hydrogens (tertiary/aromatic N) is 3. The molecule has 0 radical (unpaired) electrons. The molecule has 0 unspecified atom stereocenters. The van der Waals surface area contributed by atoms with Gasteiger partial charge in [-0.1, -0.05) is 32.5 Å². The Morgan fingerprint density at radius 2 is 2.15 bits per heavy atom. The first-order valence-electron chi connectivity index (χ1n) is 7.60. The van der Waals surface area contributed by atoms with Gasteiger partial charge < -0.3 is 9.15 Å². The summed E-state index contributed by atoms with van der Waals surface area (Å²) in [7, 11) is 1.35. The summed E-state index contributed by atoms with van der Waals surface area (Å²) in [5.74, 6) is -0.297. The molecular formula is C16H16BrN3O4S2. The molecule has 0 bridgehead atoms. The van der Waals surface area contributed by atoms with Crippen molar-refractivity contribution in [2.24, 2.45) is 0 Å². The first-order chi connectivity index (χ1) is 12.2. The number of hydrogen-bond donors (Lipinski definition) is 0. The quantitative estimate of drug-likeness (QED) is 0.435. The maximum Gasteiger partial charge on any atom is 0.442 e. The van der Waals surface area contributed by atoms with E-state index in [-0.39, 0.29) is 17.1 Å². The smallest absolute Gasteiger partial charge is 0.442 e. The Balaban J connectivity index is 2.00. The van der Waals surface area contributed by atoms with Crippen molar-refractivity contribution in [2.75, 3.05) is 12.9 Å². The van der Waals surface area contributed by atoms with Crippen LogP contribution < -0.4 is 5.76 Å². The molecule has 0 amide bonds. The number of halogens is 1. The maximum atomic E-state index is 12.2. The SMILES string of the molecule is COC(=O)CSc1nc2cc(-n3nc(C(C)(C)C)oc3=O)c(Br)cc2s1. The molecule has 0 spiro atoms. The normalized spacial score (nSPS) is 11.9. The van der Waals surface area contributed by atoms with E-state index in [1.807, 2.05) is 26.8 Å². The number of aromatic nitrogens is 3. The Bertz CT molecular complexity index is 1030. The second kappa shape index (κ2) is 7.16. The predicted octanol–water partition coefficient (Wildman–Crippen LogP) is 3.76. The van der Waals surface area contributed by atoms with Crippen LogP contribution in [0.3, 0.4) is 0 Å². The van der Waals surface area contributed by atoms with E-state index in [4.69, 9.17) is 4.42 Å². The standard InChI is InChI=1S/C16H16BrN3O4S2/c1-16(2,3)13-19-20(15(22)24-13)10-6-9-11(5-8(10)17)26-14(18-9)25-7-12(21)23-4/h5-6H,7H2,1-4H3. The summed E-state index contributed by atoms with van der Waals surface area (Å²) in [6.07, 6.45) is 0. The van der Waals surface area contributed by atoms with Crippen molar-refractivity contribution in [3.8, 4) is 5.69 Å². The fraction of sp³-hybridized carbons (Fsp3) is 0.375. The number of carbonyl (C=O) groups excluding carboxylic acids is 1. The number of fused-ring (bicyclic) bond motifs is 1. The molecule has 0 aliphatic rings. The third-order valence-electron chi connectivity index (χ3n) is 3.40. The minimum atomic E-state index is -0.550. The molecule has 2 aromatic heterocycles.